The maximum absolute atomic E-state index is 13.4. The smallest absolute Gasteiger partial charge is 0.278 e. The maximum atomic E-state index is 13.4. The minimum atomic E-state index is -1.46. The lowest BCUT2D eigenvalue weighted by molar-refractivity contribution is -0.689. The first-order valence-electron chi connectivity index (χ1n) is 12.4. The number of carbonyl (C=O) groups excluding carboxylic acids is 3. The molecular formula is C28H23N7O5S. The van der Waals surface area contributed by atoms with Crippen LogP contribution in [-0.4, -0.2) is 62.1 Å². The molecule has 4 heterocycles. The number of pyridine rings is 1. The molecule has 2 aliphatic heterocycles. The number of hydrogen-bond donors (Lipinski definition) is 2. The molecule has 0 saturated carbocycles. The molecule has 2 N–H and O–H groups in total. The molecule has 206 valence electrons. The number of terminal acetylenes is 1. The van der Waals surface area contributed by atoms with Crippen molar-refractivity contribution < 1.29 is 28.9 Å². The van der Waals surface area contributed by atoms with Crippen LogP contribution in [0.2, 0.25) is 0 Å². The summed E-state index contributed by atoms with van der Waals surface area (Å²) in [5.74, 6) is 0.0651. The molecule has 41 heavy (non-hydrogen) atoms. The zero-order valence-electron chi connectivity index (χ0n) is 21.5. The first-order valence-corrected chi connectivity index (χ1v) is 13.4. The number of oxime groups is 1. The van der Waals surface area contributed by atoms with E-state index in [0.717, 1.165) is 10.6 Å². The van der Waals surface area contributed by atoms with Crippen LogP contribution in [0.15, 0.2) is 89.6 Å². The van der Waals surface area contributed by atoms with E-state index in [0.29, 0.717) is 17.1 Å². The van der Waals surface area contributed by atoms with Gasteiger partial charge in [0, 0.05) is 35.3 Å². The van der Waals surface area contributed by atoms with Crippen LogP contribution in [0.3, 0.4) is 0 Å². The highest BCUT2D eigenvalue weighted by molar-refractivity contribution is 8.00. The van der Waals surface area contributed by atoms with E-state index < -0.39 is 29.2 Å². The molecule has 2 aromatic heterocycles. The number of thioether (sulfide) groups is 1. The van der Waals surface area contributed by atoms with Gasteiger partial charge in [-0.15, -0.1) is 18.2 Å². The van der Waals surface area contributed by atoms with Gasteiger partial charge in [-0.2, -0.15) is 0 Å². The number of para-hydroxylation sites is 1. The lowest BCUT2D eigenvalue weighted by atomic mass is 10.0. The number of carbonyl (C=O) groups is 3. The number of anilines is 2. The lowest BCUT2D eigenvalue weighted by Gasteiger charge is -2.50. The Morgan fingerprint density at radius 2 is 1.95 bits per heavy atom. The van der Waals surface area contributed by atoms with Gasteiger partial charge in [-0.25, -0.2) is 14.5 Å². The zero-order valence-corrected chi connectivity index (χ0v) is 22.3. The number of benzene rings is 1. The Labute approximate surface area is 239 Å². The van der Waals surface area contributed by atoms with Crippen molar-refractivity contribution in [3.05, 3.63) is 90.3 Å². The van der Waals surface area contributed by atoms with Crippen molar-refractivity contribution in [3.63, 3.8) is 0 Å². The van der Waals surface area contributed by atoms with E-state index in [1.807, 2.05) is 53.1 Å². The molecule has 2 atom stereocenters. The normalized spacial score (nSPS) is 18.1. The summed E-state index contributed by atoms with van der Waals surface area (Å²) in [6, 6.07) is 15.3. The highest BCUT2D eigenvalue weighted by Crippen LogP contribution is 2.40. The third-order valence-electron chi connectivity index (χ3n) is 6.11. The quantitative estimate of drug-likeness (QED) is 0.0856. The number of carboxylic acid groups (broad SMARTS) is 1. The molecule has 1 saturated heterocycles. The van der Waals surface area contributed by atoms with Crippen LogP contribution in [0.5, 0.6) is 0 Å². The Kier molecular flexibility index (Phi) is 8.21. The molecule has 0 bridgehead atoms. The number of fused-ring (bicyclic) bond motifs is 1. The van der Waals surface area contributed by atoms with E-state index in [9.17, 15) is 19.5 Å². The van der Waals surface area contributed by atoms with E-state index in [1.54, 1.807) is 18.5 Å². The van der Waals surface area contributed by atoms with E-state index in [1.165, 1.54) is 18.0 Å². The molecular weight excluding hydrogens is 546 g/mol. The second-order valence-electron chi connectivity index (χ2n) is 8.82. The van der Waals surface area contributed by atoms with Crippen molar-refractivity contribution in [2.45, 2.75) is 18.0 Å². The zero-order chi connectivity index (χ0) is 28.8. The number of amides is 2. The first-order chi connectivity index (χ1) is 20.0. The summed E-state index contributed by atoms with van der Waals surface area (Å²) >= 11 is 1.34. The molecule has 0 spiro atoms. The fraction of sp³-hybridized carbons (Fsp3) is 0.179. The van der Waals surface area contributed by atoms with Gasteiger partial charge in [-0.05, 0) is 18.2 Å². The second kappa shape index (κ2) is 12.3. The van der Waals surface area contributed by atoms with E-state index in [-0.39, 0.29) is 30.4 Å². The van der Waals surface area contributed by atoms with Gasteiger partial charge in [0.1, 0.15) is 17.2 Å². The minimum Gasteiger partial charge on any atom is -0.543 e. The predicted octanol–water partition coefficient (Wildman–Crippen LogP) is -0.0343. The second-order valence-corrected chi connectivity index (χ2v) is 9.93. The molecule has 0 radical (unpaired) electrons. The topological polar surface area (TPSA) is 153 Å². The SMILES string of the molecule is C#CCO/N=C(/C(=O)NC1C(=O)N2C(C(=O)[O-])=C(C[n+]3ccccc3)CS[C@H]12)c1nccc(Nc2ccccc2)n1. The van der Waals surface area contributed by atoms with E-state index in [2.05, 4.69) is 31.7 Å². The minimum absolute atomic E-state index is 0.0714. The van der Waals surface area contributed by atoms with Crippen LogP contribution in [0.25, 0.3) is 0 Å². The standard InChI is InChI=1S/C28H23N7O5S/c1-2-15-40-33-21(24-29-12-11-20(31-24)30-19-9-5-3-6-10-19)25(36)32-22-26(37)35-23(28(38)39)18(17-41-27(22)35)16-34-13-7-4-8-14-34/h1,3-14,22,27H,15-17H2,(H2-,29,30,31,32,36,38,39)/b33-21+/t22?,27-/m1/s1. The summed E-state index contributed by atoms with van der Waals surface area (Å²) in [4.78, 5) is 53.3. The summed E-state index contributed by atoms with van der Waals surface area (Å²) in [5.41, 5.74) is 0.803. The molecule has 3 aromatic rings. The van der Waals surface area contributed by atoms with Gasteiger partial charge in [0.25, 0.3) is 11.8 Å². The molecule has 0 aliphatic carbocycles. The molecule has 1 fully saturated rings. The van der Waals surface area contributed by atoms with Crippen molar-refractivity contribution in [1.29, 1.82) is 0 Å². The number of nitrogens with one attached hydrogen (secondary N) is 2. The van der Waals surface area contributed by atoms with Crippen molar-refractivity contribution in [1.82, 2.24) is 20.2 Å². The Morgan fingerprint density at radius 1 is 1.20 bits per heavy atom. The average Bonchev–Trinajstić information content (AvgIpc) is 2.99. The molecule has 12 nitrogen and oxygen atoms in total. The third-order valence-corrected chi connectivity index (χ3v) is 7.45. The number of aromatic nitrogens is 3. The molecule has 2 aliphatic rings. The summed E-state index contributed by atoms with van der Waals surface area (Å²) in [7, 11) is 0. The largest absolute Gasteiger partial charge is 0.543 e. The summed E-state index contributed by atoms with van der Waals surface area (Å²) in [6.45, 7) is 0.0635. The summed E-state index contributed by atoms with van der Waals surface area (Å²) in [6.07, 6.45) is 10.3. The average molecular weight is 570 g/mol. The maximum Gasteiger partial charge on any atom is 0.278 e. The van der Waals surface area contributed by atoms with Gasteiger partial charge in [-0.1, -0.05) is 35.3 Å². The van der Waals surface area contributed by atoms with Crippen LogP contribution in [-0.2, 0) is 25.8 Å². The Morgan fingerprint density at radius 3 is 2.68 bits per heavy atom. The van der Waals surface area contributed by atoms with Crippen molar-refractivity contribution in [2.75, 3.05) is 17.7 Å². The monoisotopic (exact) mass is 569 g/mol. The van der Waals surface area contributed by atoms with Crippen molar-refractivity contribution in [2.24, 2.45) is 5.16 Å². The Bertz CT molecular complexity index is 1570. The molecule has 2 amide bonds. The van der Waals surface area contributed by atoms with Gasteiger partial charge in [0.05, 0.1) is 11.7 Å². The Balaban J connectivity index is 1.35. The highest BCUT2D eigenvalue weighted by atomic mass is 32.2. The number of nitrogens with zero attached hydrogens (tertiary/aromatic N) is 5. The Hall–Kier alpha value is -5.22. The number of rotatable bonds is 10. The van der Waals surface area contributed by atoms with Crippen molar-refractivity contribution in [3.8, 4) is 12.3 Å². The molecule has 1 aromatic carbocycles. The summed E-state index contributed by atoms with van der Waals surface area (Å²) < 4.78 is 1.81. The lowest BCUT2D eigenvalue weighted by Crippen LogP contribution is -2.71. The molecule has 1 unspecified atom stereocenters. The van der Waals surface area contributed by atoms with Gasteiger partial charge in [0.2, 0.25) is 5.71 Å². The number of carboxylic acids is 1. The predicted molar refractivity (Wildman–Crippen MR) is 147 cm³/mol. The van der Waals surface area contributed by atoms with Crippen LogP contribution < -0.4 is 20.3 Å². The highest BCUT2D eigenvalue weighted by Gasteiger charge is 2.53. The number of aliphatic carboxylic acids is 1. The molecule has 5 rings (SSSR count). The van der Waals surface area contributed by atoms with Crippen LogP contribution >= 0.6 is 11.8 Å². The third kappa shape index (κ3) is 6.02. The van der Waals surface area contributed by atoms with Crippen LogP contribution in [0.1, 0.15) is 5.82 Å². The van der Waals surface area contributed by atoms with E-state index in [4.69, 9.17) is 11.3 Å². The van der Waals surface area contributed by atoms with Crippen molar-refractivity contribution >= 4 is 46.8 Å². The number of β-lactam (4-membered cyclic amide) rings is 1. The first kappa shape index (κ1) is 27.4. The number of hydrogen-bond acceptors (Lipinski definition) is 10. The fourth-order valence-electron chi connectivity index (χ4n) is 4.29. The molecule has 13 heteroatoms. The van der Waals surface area contributed by atoms with Crippen LogP contribution in [0, 0.1) is 12.3 Å². The van der Waals surface area contributed by atoms with Crippen LogP contribution in [0.4, 0.5) is 11.5 Å². The van der Waals surface area contributed by atoms with Gasteiger partial charge >= 0.3 is 0 Å². The van der Waals surface area contributed by atoms with E-state index >= 15 is 0 Å². The van der Waals surface area contributed by atoms with Gasteiger partial charge < -0.3 is 25.4 Å². The fourth-order valence-corrected chi connectivity index (χ4v) is 5.63. The summed E-state index contributed by atoms with van der Waals surface area (Å²) in [5, 5.41) is 21.0. The van der Waals surface area contributed by atoms with Gasteiger partial charge in [0.15, 0.2) is 31.4 Å². The van der Waals surface area contributed by atoms with Gasteiger partial charge in [-0.3, -0.25) is 14.5 Å².